The molecule has 0 aliphatic carbocycles. The molecule has 22 heavy (non-hydrogen) atoms. The summed E-state index contributed by atoms with van der Waals surface area (Å²) >= 11 is 4.88. The van der Waals surface area contributed by atoms with Crippen LogP contribution < -0.4 is 5.32 Å². The van der Waals surface area contributed by atoms with Gasteiger partial charge in [-0.25, -0.2) is 4.98 Å². The van der Waals surface area contributed by atoms with Crippen molar-refractivity contribution in [2.45, 2.75) is 12.1 Å². The third kappa shape index (κ3) is 3.34. The molecule has 0 aliphatic heterocycles. The van der Waals surface area contributed by atoms with Crippen LogP contribution in [0.2, 0.25) is 0 Å². The maximum Gasteiger partial charge on any atom is 0.234 e. The number of thioether (sulfide) groups is 1. The lowest BCUT2D eigenvalue weighted by Crippen LogP contribution is -2.14. The fraction of sp³-hybridized carbons (Fsp3) is 0.125. The van der Waals surface area contributed by atoms with Crippen molar-refractivity contribution in [2.24, 2.45) is 0 Å². The van der Waals surface area contributed by atoms with Gasteiger partial charge in [0.2, 0.25) is 5.91 Å². The first kappa shape index (κ1) is 15.1. The highest BCUT2D eigenvalue weighted by Gasteiger charge is 2.09. The Balaban J connectivity index is 1.65. The zero-order chi connectivity index (χ0) is 15.5. The van der Waals surface area contributed by atoms with Gasteiger partial charge in [0.05, 0.1) is 23.2 Å². The first-order chi connectivity index (χ1) is 10.6. The molecule has 0 saturated heterocycles. The molecule has 0 saturated carbocycles. The number of carbonyl (C=O) groups excluding carboxylic acids is 1. The van der Waals surface area contributed by atoms with Crippen molar-refractivity contribution in [1.29, 1.82) is 0 Å². The van der Waals surface area contributed by atoms with Gasteiger partial charge in [0.25, 0.3) is 0 Å². The van der Waals surface area contributed by atoms with Gasteiger partial charge in [-0.2, -0.15) is 0 Å². The molecule has 0 unspecified atom stereocenters. The highest BCUT2D eigenvalue weighted by molar-refractivity contribution is 9.10. The lowest BCUT2D eigenvalue weighted by atomic mass is 10.2. The molecule has 6 heteroatoms. The van der Waals surface area contributed by atoms with E-state index in [0.29, 0.717) is 5.75 Å². The fourth-order valence-corrected chi connectivity index (χ4v) is 3.42. The normalized spacial score (nSPS) is 10.8. The molecule has 0 atom stereocenters. The Bertz CT molecular complexity index is 831. The Morgan fingerprint density at radius 2 is 2.23 bits per heavy atom. The second-order valence-corrected chi connectivity index (χ2v) is 6.65. The molecule has 1 N–H and O–H groups in total. The highest BCUT2D eigenvalue weighted by Crippen LogP contribution is 2.24. The van der Waals surface area contributed by atoms with E-state index in [1.807, 2.05) is 53.9 Å². The number of hydrogen-bond donors (Lipinski definition) is 1. The van der Waals surface area contributed by atoms with Crippen molar-refractivity contribution < 1.29 is 4.79 Å². The largest absolute Gasteiger partial charge is 0.324 e. The molecule has 0 radical (unpaired) electrons. The van der Waals surface area contributed by atoms with Gasteiger partial charge in [-0.1, -0.05) is 23.9 Å². The van der Waals surface area contributed by atoms with Crippen LogP contribution in [0.25, 0.3) is 5.52 Å². The fourth-order valence-electron chi connectivity index (χ4n) is 2.06. The molecule has 1 amide bonds. The third-order valence-corrected chi connectivity index (χ3v) is 4.76. The highest BCUT2D eigenvalue weighted by atomic mass is 79.9. The maximum atomic E-state index is 12.1. The Labute approximate surface area is 141 Å². The third-order valence-electron chi connectivity index (χ3n) is 3.14. The molecular formula is C16H14BrN3OS. The standard InChI is InChI=1S/C16H14BrN3OS/c1-11-5-6-14(13(17)8-11)19-15(21)10-22-16-18-9-12-4-2-3-7-20(12)16/h2-9H,10H2,1H3,(H,19,21). The molecule has 2 aromatic heterocycles. The van der Waals surface area contributed by atoms with Gasteiger partial charge in [0.15, 0.2) is 5.16 Å². The van der Waals surface area contributed by atoms with Gasteiger partial charge in [0.1, 0.15) is 0 Å². The summed E-state index contributed by atoms with van der Waals surface area (Å²) in [7, 11) is 0. The van der Waals surface area contributed by atoms with Crippen LogP contribution in [-0.2, 0) is 4.79 Å². The van der Waals surface area contributed by atoms with Crippen molar-refractivity contribution in [2.75, 3.05) is 11.1 Å². The lowest BCUT2D eigenvalue weighted by molar-refractivity contribution is -0.113. The first-order valence-corrected chi connectivity index (χ1v) is 8.52. The number of nitrogens with one attached hydrogen (secondary N) is 1. The summed E-state index contributed by atoms with van der Waals surface area (Å²) in [4.78, 5) is 16.4. The Hall–Kier alpha value is -1.79. The predicted molar refractivity (Wildman–Crippen MR) is 93.4 cm³/mol. The van der Waals surface area contributed by atoms with Gasteiger partial charge < -0.3 is 5.32 Å². The number of pyridine rings is 1. The topological polar surface area (TPSA) is 46.4 Å². The van der Waals surface area contributed by atoms with Crippen LogP contribution in [0.3, 0.4) is 0 Å². The van der Waals surface area contributed by atoms with Gasteiger partial charge in [-0.3, -0.25) is 9.20 Å². The average molecular weight is 376 g/mol. The number of imidazole rings is 1. The smallest absolute Gasteiger partial charge is 0.234 e. The van der Waals surface area contributed by atoms with Crippen LogP contribution in [0, 0.1) is 6.92 Å². The number of hydrogen-bond acceptors (Lipinski definition) is 3. The molecule has 0 spiro atoms. The summed E-state index contributed by atoms with van der Waals surface area (Å²) in [5.74, 6) is 0.260. The van der Waals surface area contributed by atoms with Crippen molar-refractivity contribution in [3.05, 3.63) is 58.8 Å². The number of nitrogens with zero attached hydrogens (tertiary/aromatic N) is 2. The van der Waals surface area contributed by atoms with E-state index < -0.39 is 0 Å². The molecule has 3 rings (SSSR count). The number of aryl methyl sites for hydroxylation is 1. The zero-order valence-electron chi connectivity index (χ0n) is 11.9. The molecule has 0 bridgehead atoms. The molecular weight excluding hydrogens is 362 g/mol. The Kier molecular flexibility index (Phi) is 4.49. The summed E-state index contributed by atoms with van der Waals surface area (Å²) in [6.07, 6.45) is 3.75. The van der Waals surface area contributed by atoms with Crippen molar-refractivity contribution in [3.8, 4) is 0 Å². The average Bonchev–Trinajstić information content (AvgIpc) is 2.91. The number of amides is 1. The van der Waals surface area contributed by atoms with Gasteiger partial charge in [0, 0.05) is 10.7 Å². The number of benzene rings is 1. The van der Waals surface area contributed by atoms with Crippen LogP contribution in [-0.4, -0.2) is 21.0 Å². The van der Waals surface area contributed by atoms with E-state index in [1.165, 1.54) is 11.8 Å². The second-order valence-electron chi connectivity index (χ2n) is 4.86. The van der Waals surface area contributed by atoms with E-state index >= 15 is 0 Å². The number of halogens is 1. The number of aromatic nitrogens is 2. The molecule has 2 heterocycles. The van der Waals surface area contributed by atoms with Gasteiger partial charge >= 0.3 is 0 Å². The summed E-state index contributed by atoms with van der Waals surface area (Å²) in [5.41, 5.74) is 2.94. The number of rotatable bonds is 4. The van der Waals surface area contributed by atoms with E-state index in [2.05, 4.69) is 26.2 Å². The number of carbonyl (C=O) groups is 1. The summed E-state index contributed by atoms with van der Waals surface area (Å²) in [6.45, 7) is 2.01. The van der Waals surface area contributed by atoms with Crippen molar-refractivity contribution in [3.63, 3.8) is 0 Å². The van der Waals surface area contributed by atoms with Crippen molar-refractivity contribution >= 4 is 44.8 Å². The minimum Gasteiger partial charge on any atom is -0.324 e. The summed E-state index contributed by atoms with van der Waals surface area (Å²) in [6, 6.07) is 11.7. The Morgan fingerprint density at radius 1 is 1.36 bits per heavy atom. The predicted octanol–water partition coefficient (Wildman–Crippen LogP) is 4.14. The Morgan fingerprint density at radius 3 is 3.05 bits per heavy atom. The van der Waals surface area contributed by atoms with E-state index in [4.69, 9.17) is 0 Å². The molecule has 4 nitrogen and oxygen atoms in total. The van der Waals surface area contributed by atoms with Crippen LogP contribution in [0.1, 0.15) is 5.56 Å². The monoisotopic (exact) mass is 375 g/mol. The minimum absolute atomic E-state index is 0.0535. The molecule has 3 aromatic rings. The molecule has 0 fully saturated rings. The quantitative estimate of drug-likeness (QED) is 0.697. The van der Waals surface area contributed by atoms with Crippen molar-refractivity contribution in [1.82, 2.24) is 9.38 Å². The second kappa shape index (κ2) is 6.54. The van der Waals surface area contributed by atoms with Crippen LogP contribution in [0.15, 0.2) is 58.4 Å². The minimum atomic E-state index is -0.0535. The van der Waals surface area contributed by atoms with Crippen LogP contribution >= 0.6 is 27.7 Å². The SMILES string of the molecule is Cc1ccc(NC(=O)CSc2ncc3ccccn23)c(Br)c1. The van der Waals surface area contributed by atoms with Crippen LogP contribution in [0.4, 0.5) is 5.69 Å². The van der Waals surface area contributed by atoms with E-state index in [-0.39, 0.29) is 5.91 Å². The maximum absolute atomic E-state index is 12.1. The zero-order valence-corrected chi connectivity index (χ0v) is 14.3. The molecule has 112 valence electrons. The van der Waals surface area contributed by atoms with Gasteiger partial charge in [-0.05, 0) is 52.7 Å². The lowest BCUT2D eigenvalue weighted by Gasteiger charge is -2.07. The molecule has 0 aliphatic rings. The van der Waals surface area contributed by atoms with Gasteiger partial charge in [-0.15, -0.1) is 0 Å². The molecule has 1 aromatic carbocycles. The summed E-state index contributed by atoms with van der Waals surface area (Å²) < 4.78 is 2.86. The first-order valence-electron chi connectivity index (χ1n) is 6.74. The number of anilines is 1. The van der Waals surface area contributed by atoms with Crippen LogP contribution in [0.5, 0.6) is 0 Å². The van der Waals surface area contributed by atoms with E-state index in [0.717, 1.165) is 26.4 Å². The van der Waals surface area contributed by atoms with E-state index in [9.17, 15) is 4.79 Å². The summed E-state index contributed by atoms with van der Waals surface area (Å²) in [5, 5.41) is 3.72. The van der Waals surface area contributed by atoms with E-state index in [1.54, 1.807) is 6.20 Å². The number of fused-ring (bicyclic) bond motifs is 1.